The number of carbonyl (C=O) groups excluding carboxylic acids is 1. The number of nitrogens with zero attached hydrogens (tertiary/aromatic N) is 1. The first-order chi connectivity index (χ1) is 7.71. The van der Waals surface area contributed by atoms with E-state index < -0.39 is 23.7 Å². The number of hydrogen-bond acceptors (Lipinski definition) is 4. The highest BCUT2D eigenvalue weighted by Crippen LogP contribution is 2.18. The minimum absolute atomic E-state index is 0.267. The summed E-state index contributed by atoms with van der Waals surface area (Å²) in [5.74, 6) is -1.30. The summed E-state index contributed by atoms with van der Waals surface area (Å²) in [6.07, 6.45) is -0.194. The third-order valence-corrected chi connectivity index (χ3v) is 2.77. The summed E-state index contributed by atoms with van der Waals surface area (Å²) in [4.78, 5) is 24.3. The number of carboxylic acids is 1. The van der Waals surface area contributed by atoms with E-state index in [4.69, 9.17) is 5.11 Å². The Kier molecular flexibility index (Phi) is 4.11. The number of amides is 1. The molecule has 0 radical (unpaired) electrons. The van der Waals surface area contributed by atoms with Crippen LogP contribution in [0.3, 0.4) is 0 Å². The van der Waals surface area contributed by atoms with Gasteiger partial charge in [-0.3, -0.25) is 9.59 Å². The molecule has 0 aromatic heterocycles. The summed E-state index contributed by atoms with van der Waals surface area (Å²) in [5, 5.41) is 21.1. The van der Waals surface area contributed by atoms with E-state index in [-0.39, 0.29) is 12.5 Å². The Hall–Kier alpha value is -1.14. The van der Waals surface area contributed by atoms with E-state index in [1.54, 1.807) is 20.8 Å². The smallest absolute Gasteiger partial charge is 0.323 e. The highest BCUT2D eigenvalue weighted by atomic mass is 16.4. The third-order valence-electron chi connectivity index (χ3n) is 2.77. The van der Waals surface area contributed by atoms with E-state index >= 15 is 0 Å². The SMILES string of the molecule is CC(C)(C)N(CC(=O)O)C(=O)C1CC(O)CN1. The van der Waals surface area contributed by atoms with Gasteiger partial charge in [0.2, 0.25) is 5.91 Å². The van der Waals surface area contributed by atoms with Gasteiger partial charge in [-0.25, -0.2) is 0 Å². The fraction of sp³-hybridized carbons (Fsp3) is 0.818. The van der Waals surface area contributed by atoms with Crippen molar-refractivity contribution >= 4 is 11.9 Å². The van der Waals surface area contributed by atoms with Gasteiger partial charge in [0, 0.05) is 12.1 Å². The zero-order valence-electron chi connectivity index (χ0n) is 10.4. The second-order valence-electron chi connectivity index (χ2n) is 5.34. The molecule has 1 amide bonds. The molecule has 2 unspecified atom stereocenters. The van der Waals surface area contributed by atoms with E-state index in [2.05, 4.69) is 5.32 Å². The zero-order valence-corrected chi connectivity index (χ0v) is 10.4. The van der Waals surface area contributed by atoms with Crippen LogP contribution in [0.25, 0.3) is 0 Å². The van der Waals surface area contributed by atoms with Crippen LogP contribution in [-0.2, 0) is 9.59 Å². The standard InChI is InChI=1S/C11H20N2O4/c1-11(2,3)13(6-9(15)16)10(17)8-4-7(14)5-12-8/h7-8,12,14H,4-6H2,1-3H3,(H,15,16). The van der Waals surface area contributed by atoms with Gasteiger partial charge >= 0.3 is 5.97 Å². The lowest BCUT2D eigenvalue weighted by Crippen LogP contribution is -2.53. The number of carbonyl (C=O) groups is 2. The molecule has 1 heterocycles. The van der Waals surface area contributed by atoms with Crippen molar-refractivity contribution in [2.24, 2.45) is 0 Å². The Labute approximate surface area is 101 Å². The number of aliphatic carboxylic acids is 1. The van der Waals surface area contributed by atoms with Crippen LogP contribution >= 0.6 is 0 Å². The van der Waals surface area contributed by atoms with Gasteiger partial charge < -0.3 is 20.4 Å². The molecule has 0 bridgehead atoms. The van der Waals surface area contributed by atoms with Gasteiger partial charge in [0.15, 0.2) is 0 Å². The highest BCUT2D eigenvalue weighted by Gasteiger charge is 2.36. The van der Waals surface area contributed by atoms with Crippen molar-refractivity contribution in [3.05, 3.63) is 0 Å². The molecular formula is C11H20N2O4. The highest BCUT2D eigenvalue weighted by molar-refractivity contribution is 5.86. The summed E-state index contributed by atoms with van der Waals surface area (Å²) < 4.78 is 0. The number of nitrogens with one attached hydrogen (secondary N) is 1. The largest absolute Gasteiger partial charge is 0.480 e. The van der Waals surface area contributed by atoms with Crippen LogP contribution in [0.5, 0.6) is 0 Å². The Balaban J connectivity index is 2.76. The van der Waals surface area contributed by atoms with Crippen LogP contribution in [0.15, 0.2) is 0 Å². The Morgan fingerprint density at radius 3 is 2.35 bits per heavy atom. The quantitative estimate of drug-likeness (QED) is 0.618. The van der Waals surface area contributed by atoms with Crippen molar-refractivity contribution in [1.29, 1.82) is 0 Å². The van der Waals surface area contributed by atoms with Gasteiger partial charge in [-0.2, -0.15) is 0 Å². The Bertz CT molecular complexity index is 311. The molecule has 1 fully saturated rings. The molecule has 1 saturated heterocycles. The van der Waals surface area contributed by atoms with Gasteiger partial charge in [0.1, 0.15) is 6.54 Å². The zero-order chi connectivity index (χ0) is 13.2. The molecule has 1 aliphatic heterocycles. The molecule has 3 N–H and O–H groups in total. The predicted octanol–water partition coefficient (Wildman–Crippen LogP) is -0.579. The molecule has 0 saturated carbocycles. The summed E-state index contributed by atoms with van der Waals surface area (Å²) >= 11 is 0. The van der Waals surface area contributed by atoms with Crippen LogP contribution in [0.4, 0.5) is 0 Å². The van der Waals surface area contributed by atoms with E-state index in [0.29, 0.717) is 13.0 Å². The van der Waals surface area contributed by atoms with Crippen molar-refractivity contribution in [2.45, 2.75) is 44.9 Å². The topological polar surface area (TPSA) is 89.9 Å². The number of rotatable bonds is 3. The first-order valence-corrected chi connectivity index (χ1v) is 5.66. The second kappa shape index (κ2) is 5.01. The predicted molar refractivity (Wildman–Crippen MR) is 61.5 cm³/mol. The molecule has 0 aliphatic carbocycles. The van der Waals surface area contributed by atoms with Crippen LogP contribution in [0, 0.1) is 0 Å². The maximum Gasteiger partial charge on any atom is 0.323 e. The number of carboxylic acid groups (broad SMARTS) is 1. The maximum absolute atomic E-state index is 12.2. The lowest BCUT2D eigenvalue weighted by molar-refractivity contribution is -0.149. The molecular weight excluding hydrogens is 224 g/mol. The van der Waals surface area contributed by atoms with Gasteiger partial charge in [-0.1, -0.05) is 0 Å². The lowest BCUT2D eigenvalue weighted by Gasteiger charge is -2.36. The first-order valence-electron chi connectivity index (χ1n) is 5.66. The third kappa shape index (κ3) is 3.67. The lowest BCUT2D eigenvalue weighted by atomic mass is 10.0. The van der Waals surface area contributed by atoms with Crippen molar-refractivity contribution in [1.82, 2.24) is 10.2 Å². The van der Waals surface area contributed by atoms with E-state index in [9.17, 15) is 14.7 Å². The van der Waals surface area contributed by atoms with Crippen LogP contribution in [-0.4, -0.2) is 57.8 Å². The molecule has 0 spiro atoms. The average molecular weight is 244 g/mol. The molecule has 2 atom stereocenters. The Morgan fingerprint density at radius 1 is 1.41 bits per heavy atom. The maximum atomic E-state index is 12.2. The molecule has 0 aromatic rings. The van der Waals surface area contributed by atoms with Crippen molar-refractivity contribution in [2.75, 3.05) is 13.1 Å². The molecule has 17 heavy (non-hydrogen) atoms. The average Bonchev–Trinajstić information content (AvgIpc) is 2.58. The Morgan fingerprint density at radius 2 is 2.00 bits per heavy atom. The summed E-state index contributed by atoms with van der Waals surface area (Å²) in [6.45, 7) is 5.43. The van der Waals surface area contributed by atoms with E-state index in [1.165, 1.54) is 4.90 Å². The van der Waals surface area contributed by atoms with Gasteiger partial charge in [-0.15, -0.1) is 0 Å². The molecule has 98 valence electrons. The molecule has 6 nitrogen and oxygen atoms in total. The molecule has 1 rings (SSSR count). The van der Waals surface area contributed by atoms with Crippen LogP contribution in [0.2, 0.25) is 0 Å². The fourth-order valence-electron chi connectivity index (χ4n) is 1.87. The number of hydrogen-bond donors (Lipinski definition) is 3. The number of aliphatic hydroxyl groups is 1. The van der Waals surface area contributed by atoms with Gasteiger partial charge in [0.25, 0.3) is 0 Å². The molecule has 0 aromatic carbocycles. The van der Waals surface area contributed by atoms with Crippen LogP contribution < -0.4 is 5.32 Å². The summed E-state index contributed by atoms with van der Waals surface area (Å²) in [7, 11) is 0. The summed E-state index contributed by atoms with van der Waals surface area (Å²) in [5.41, 5.74) is -0.551. The normalized spacial score (nSPS) is 24.7. The minimum atomic E-state index is -1.04. The number of aliphatic hydroxyl groups excluding tert-OH is 1. The van der Waals surface area contributed by atoms with E-state index in [0.717, 1.165) is 0 Å². The molecule has 1 aliphatic rings. The molecule has 6 heteroatoms. The van der Waals surface area contributed by atoms with Crippen molar-refractivity contribution in [3.8, 4) is 0 Å². The van der Waals surface area contributed by atoms with E-state index in [1.807, 2.05) is 0 Å². The summed E-state index contributed by atoms with van der Waals surface area (Å²) in [6, 6.07) is -0.483. The van der Waals surface area contributed by atoms with Crippen LogP contribution in [0.1, 0.15) is 27.2 Å². The minimum Gasteiger partial charge on any atom is -0.480 e. The first kappa shape index (κ1) is 13.9. The van der Waals surface area contributed by atoms with Crippen molar-refractivity contribution < 1.29 is 19.8 Å². The van der Waals surface area contributed by atoms with Gasteiger partial charge in [0.05, 0.1) is 12.1 Å². The fourth-order valence-corrected chi connectivity index (χ4v) is 1.87. The van der Waals surface area contributed by atoms with Crippen molar-refractivity contribution in [3.63, 3.8) is 0 Å². The number of β-amino-alcohol motifs (C(OH)–C–C–N with tert-alkyl or cyclic N) is 1. The second-order valence-corrected chi connectivity index (χ2v) is 5.34. The monoisotopic (exact) mass is 244 g/mol. The van der Waals surface area contributed by atoms with Gasteiger partial charge in [-0.05, 0) is 27.2 Å².